The van der Waals surface area contributed by atoms with Crippen LogP contribution in [0.25, 0.3) is 0 Å². The van der Waals surface area contributed by atoms with E-state index in [2.05, 4.69) is 16.6 Å². The molecule has 4 nitrogen and oxygen atoms in total. The van der Waals surface area contributed by atoms with Gasteiger partial charge in [-0.2, -0.15) is 0 Å². The Balaban J connectivity index is 3.74. The van der Waals surface area contributed by atoms with Crippen molar-refractivity contribution in [3.8, 4) is 11.8 Å². The highest BCUT2D eigenvalue weighted by atomic mass is 16.8. The van der Waals surface area contributed by atoms with Gasteiger partial charge in [0.2, 0.25) is 0 Å². The fourth-order valence-electron chi connectivity index (χ4n) is 0.542. The summed E-state index contributed by atoms with van der Waals surface area (Å²) in [5.41, 5.74) is 0. The molecule has 0 saturated heterocycles. The Bertz CT molecular complexity index is 166. The van der Waals surface area contributed by atoms with Gasteiger partial charge in [-0.3, -0.25) is 0 Å². The topological polar surface area (TPSA) is 58.9 Å². The number of rotatable bonds is 4. The third kappa shape index (κ3) is 6.13. The minimum absolute atomic E-state index is 0.173. The van der Waals surface area contributed by atoms with Crippen molar-refractivity contribution in [2.45, 2.75) is 19.8 Å². The summed E-state index contributed by atoms with van der Waals surface area (Å²) in [6, 6.07) is 0. The van der Waals surface area contributed by atoms with Crippen molar-refractivity contribution in [1.82, 2.24) is 0 Å². The molecule has 0 heterocycles. The first-order valence-corrected chi connectivity index (χ1v) is 3.79. The molecule has 0 aromatic heterocycles. The Morgan fingerprint density at radius 1 is 1.25 bits per heavy atom. The van der Waals surface area contributed by atoms with Gasteiger partial charge in [-0.05, 0) is 19.8 Å². The number of aliphatic hydroxyl groups is 2. The smallest absolute Gasteiger partial charge is 0.348 e. The van der Waals surface area contributed by atoms with Crippen molar-refractivity contribution < 1.29 is 19.7 Å². The fraction of sp³-hybridized carbons (Fsp3) is 0.750. The maximum atomic E-state index is 8.92. The van der Waals surface area contributed by atoms with Crippen molar-refractivity contribution in [2.24, 2.45) is 0 Å². The first kappa shape index (κ1) is 11.4. The monoisotopic (exact) mass is 174 g/mol. The minimum atomic E-state index is -2.34. The lowest BCUT2D eigenvalue weighted by Gasteiger charge is -2.12. The van der Waals surface area contributed by atoms with Crippen molar-refractivity contribution in [1.29, 1.82) is 0 Å². The number of ether oxygens (including phenoxy) is 2. The van der Waals surface area contributed by atoms with Crippen LogP contribution in [0.2, 0.25) is 0 Å². The zero-order valence-electron chi connectivity index (χ0n) is 7.33. The fourth-order valence-corrected chi connectivity index (χ4v) is 0.542. The molecule has 70 valence electrons. The molecule has 0 aromatic carbocycles. The molecule has 0 bridgehead atoms. The van der Waals surface area contributed by atoms with Crippen LogP contribution in [0.1, 0.15) is 13.8 Å². The number of hydrogen-bond donors (Lipinski definition) is 2. The third-order valence-corrected chi connectivity index (χ3v) is 0.975. The van der Waals surface area contributed by atoms with Crippen LogP contribution < -0.4 is 0 Å². The summed E-state index contributed by atoms with van der Waals surface area (Å²) >= 11 is 0. The van der Waals surface area contributed by atoms with E-state index in [9.17, 15) is 0 Å². The van der Waals surface area contributed by atoms with Gasteiger partial charge in [0.05, 0.1) is 6.61 Å². The predicted octanol–water partition coefficient (Wildman–Crippen LogP) is -0.299. The lowest BCUT2D eigenvalue weighted by atomic mass is 10.5. The maximum Gasteiger partial charge on any atom is 0.348 e. The molecule has 0 saturated carbocycles. The van der Waals surface area contributed by atoms with Crippen LogP contribution in [0.5, 0.6) is 0 Å². The van der Waals surface area contributed by atoms with Crippen molar-refractivity contribution in [3.63, 3.8) is 0 Å². The molecule has 0 spiro atoms. The first-order valence-electron chi connectivity index (χ1n) is 3.79. The molecule has 0 fully saturated rings. The van der Waals surface area contributed by atoms with E-state index in [4.69, 9.17) is 14.9 Å². The quantitative estimate of drug-likeness (QED) is 0.349. The highest BCUT2D eigenvalue weighted by molar-refractivity contribution is 5.05. The molecule has 0 radical (unpaired) electrons. The van der Waals surface area contributed by atoms with Gasteiger partial charge in [-0.25, -0.2) is 0 Å². The average molecular weight is 174 g/mol. The molecule has 2 N–H and O–H groups in total. The van der Waals surface area contributed by atoms with Gasteiger partial charge in [0.25, 0.3) is 0 Å². The zero-order valence-corrected chi connectivity index (χ0v) is 7.33. The van der Waals surface area contributed by atoms with Gasteiger partial charge < -0.3 is 19.7 Å². The molecule has 0 aliphatic rings. The molecular formula is C8H14O4. The minimum Gasteiger partial charge on any atom is -0.369 e. The van der Waals surface area contributed by atoms with Crippen LogP contribution in [-0.2, 0) is 9.47 Å². The second kappa shape index (κ2) is 5.98. The van der Waals surface area contributed by atoms with Gasteiger partial charge in [-0.1, -0.05) is 5.92 Å². The number of hydrogen-bond acceptors (Lipinski definition) is 4. The van der Waals surface area contributed by atoms with Gasteiger partial charge in [0, 0.05) is 6.61 Å². The second-order valence-electron chi connectivity index (χ2n) is 1.98. The van der Waals surface area contributed by atoms with Crippen molar-refractivity contribution in [2.75, 3.05) is 19.8 Å². The van der Waals surface area contributed by atoms with Gasteiger partial charge >= 0.3 is 5.97 Å². The van der Waals surface area contributed by atoms with E-state index < -0.39 is 5.97 Å². The summed E-state index contributed by atoms with van der Waals surface area (Å²) in [6.07, 6.45) is 0. The summed E-state index contributed by atoms with van der Waals surface area (Å²) in [4.78, 5) is 0. The average Bonchev–Trinajstić information content (AvgIpc) is 1.98. The zero-order chi connectivity index (χ0) is 9.45. The van der Waals surface area contributed by atoms with E-state index in [-0.39, 0.29) is 13.2 Å². The Kier molecular flexibility index (Phi) is 5.68. The Hall–Kier alpha value is -0.600. The predicted molar refractivity (Wildman–Crippen MR) is 43.1 cm³/mol. The van der Waals surface area contributed by atoms with Crippen LogP contribution >= 0.6 is 0 Å². The van der Waals surface area contributed by atoms with Gasteiger partial charge in [-0.15, -0.1) is 0 Å². The van der Waals surface area contributed by atoms with E-state index >= 15 is 0 Å². The summed E-state index contributed by atoms with van der Waals surface area (Å²) in [6.45, 7) is 4.39. The van der Waals surface area contributed by atoms with E-state index in [1.807, 2.05) is 6.92 Å². The normalized spacial score (nSPS) is 10.7. The molecule has 0 aliphatic carbocycles. The summed E-state index contributed by atoms with van der Waals surface area (Å²) < 4.78 is 9.35. The molecule has 4 heteroatoms. The van der Waals surface area contributed by atoms with Crippen LogP contribution in [0.4, 0.5) is 0 Å². The lowest BCUT2D eigenvalue weighted by Crippen LogP contribution is -2.29. The largest absolute Gasteiger partial charge is 0.369 e. The van der Waals surface area contributed by atoms with Gasteiger partial charge in [0.1, 0.15) is 6.61 Å². The Morgan fingerprint density at radius 3 is 2.42 bits per heavy atom. The van der Waals surface area contributed by atoms with Crippen LogP contribution in [-0.4, -0.2) is 36.0 Å². The van der Waals surface area contributed by atoms with E-state index in [0.717, 1.165) is 0 Å². The highest BCUT2D eigenvalue weighted by Gasteiger charge is 2.18. The molecular weight excluding hydrogens is 160 g/mol. The molecule has 12 heavy (non-hydrogen) atoms. The Labute approximate surface area is 72.1 Å². The molecule has 0 aromatic rings. The summed E-state index contributed by atoms with van der Waals surface area (Å²) in [7, 11) is 0. The highest BCUT2D eigenvalue weighted by Crippen LogP contribution is 1.97. The first-order chi connectivity index (χ1) is 5.62. The molecule has 0 unspecified atom stereocenters. The van der Waals surface area contributed by atoms with E-state index in [1.54, 1.807) is 6.92 Å². The third-order valence-electron chi connectivity index (χ3n) is 0.975. The molecule has 0 atom stereocenters. The van der Waals surface area contributed by atoms with Gasteiger partial charge in [0.15, 0.2) is 0 Å². The SMILES string of the molecule is CCOCC#CC(O)(O)OCC. The lowest BCUT2D eigenvalue weighted by molar-refractivity contribution is -0.293. The molecule has 0 amide bonds. The summed E-state index contributed by atoms with van der Waals surface area (Å²) in [5, 5.41) is 17.8. The van der Waals surface area contributed by atoms with Crippen LogP contribution in [0.3, 0.4) is 0 Å². The van der Waals surface area contributed by atoms with Crippen molar-refractivity contribution in [3.05, 3.63) is 0 Å². The standard InChI is InChI=1S/C8H14O4/c1-3-11-7-5-6-8(9,10)12-4-2/h9-10H,3-4,7H2,1-2H3. The second-order valence-corrected chi connectivity index (χ2v) is 1.98. The Morgan fingerprint density at radius 2 is 1.92 bits per heavy atom. The van der Waals surface area contributed by atoms with E-state index in [1.165, 1.54) is 0 Å². The molecule has 0 aliphatic heterocycles. The van der Waals surface area contributed by atoms with Crippen molar-refractivity contribution >= 4 is 0 Å². The van der Waals surface area contributed by atoms with E-state index in [0.29, 0.717) is 6.61 Å². The van der Waals surface area contributed by atoms with Crippen LogP contribution in [0.15, 0.2) is 0 Å². The molecule has 0 rings (SSSR count). The summed E-state index contributed by atoms with van der Waals surface area (Å²) in [5.74, 6) is 2.18. The maximum absolute atomic E-state index is 8.92. The van der Waals surface area contributed by atoms with Crippen LogP contribution in [0, 0.1) is 11.8 Å².